The van der Waals surface area contributed by atoms with Crippen LogP contribution in [-0.4, -0.2) is 50.9 Å². The fourth-order valence-corrected chi connectivity index (χ4v) is 5.87. The van der Waals surface area contributed by atoms with Gasteiger partial charge in [0.05, 0.1) is 27.7 Å². The molecule has 2 amide bonds. The molecule has 2 atom stereocenters. The van der Waals surface area contributed by atoms with Crippen LogP contribution in [0.2, 0.25) is 10.0 Å². The molecule has 0 spiro atoms. The SMILES string of the molecule is CC[C@H](C)NC(=O)[C@@H](C)N(Cc1ccc(Cl)c(Cl)c1)C(=O)CN(c1cc(C)ccc1OC)S(=O)(=O)c1ccccc1. The van der Waals surface area contributed by atoms with Crippen molar-refractivity contribution in [3.8, 4) is 5.75 Å². The molecule has 0 aromatic heterocycles. The van der Waals surface area contributed by atoms with Crippen LogP contribution in [-0.2, 0) is 26.2 Å². The second kappa shape index (κ2) is 14.1. The first-order chi connectivity index (χ1) is 19.4. The second-order valence-electron chi connectivity index (χ2n) is 9.76. The number of carbonyl (C=O) groups excluding carboxylic acids is 2. The molecule has 3 rings (SSSR count). The molecule has 3 aromatic rings. The van der Waals surface area contributed by atoms with Gasteiger partial charge < -0.3 is 15.0 Å². The zero-order valence-corrected chi connectivity index (χ0v) is 26.1. The summed E-state index contributed by atoms with van der Waals surface area (Å²) in [6.45, 7) is 6.64. The summed E-state index contributed by atoms with van der Waals surface area (Å²) in [5, 5.41) is 3.55. The number of nitrogens with one attached hydrogen (secondary N) is 1. The maximum absolute atomic E-state index is 14.1. The van der Waals surface area contributed by atoms with Gasteiger partial charge in [0.1, 0.15) is 18.3 Å². The number of halogens is 2. The molecule has 0 aliphatic heterocycles. The number of sulfonamides is 1. The van der Waals surface area contributed by atoms with Gasteiger partial charge in [-0.2, -0.15) is 0 Å². The number of rotatable bonds is 12. The van der Waals surface area contributed by atoms with E-state index in [0.29, 0.717) is 22.0 Å². The highest BCUT2D eigenvalue weighted by atomic mass is 35.5. The molecule has 1 N–H and O–H groups in total. The maximum Gasteiger partial charge on any atom is 0.264 e. The highest BCUT2D eigenvalue weighted by Crippen LogP contribution is 2.34. The average Bonchev–Trinajstić information content (AvgIpc) is 2.96. The molecule has 8 nitrogen and oxygen atoms in total. The number of ether oxygens (including phenoxy) is 1. The minimum absolute atomic E-state index is 0.00497. The Morgan fingerprint density at radius 2 is 1.66 bits per heavy atom. The van der Waals surface area contributed by atoms with Crippen LogP contribution in [0, 0.1) is 6.92 Å². The van der Waals surface area contributed by atoms with E-state index < -0.39 is 28.5 Å². The van der Waals surface area contributed by atoms with Crippen LogP contribution in [0.5, 0.6) is 5.75 Å². The Hall–Kier alpha value is -3.27. The molecule has 11 heteroatoms. The summed E-state index contributed by atoms with van der Waals surface area (Å²) in [6.07, 6.45) is 0.704. The van der Waals surface area contributed by atoms with Crippen LogP contribution in [0.15, 0.2) is 71.6 Å². The molecule has 0 fully saturated rings. The number of benzene rings is 3. The Morgan fingerprint density at radius 1 is 0.976 bits per heavy atom. The molecule has 0 saturated heterocycles. The van der Waals surface area contributed by atoms with E-state index in [1.165, 1.54) is 24.1 Å². The molecule has 3 aromatic carbocycles. The Labute approximate surface area is 252 Å². The van der Waals surface area contributed by atoms with Crippen LogP contribution >= 0.6 is 23.2 Å². The third-order valence-corrected chi connectivity index (χ3v) is 9.23. The first-order valence-corrected chi connectivity index (χ1v) is 15.3. The van der Waals surface area contributed by atoms with E-state index in [-0.39, 0.29) is 34.8 Å². The molecule has 0 aliphatic carbocycles. The van der Waals surface area contributed by atoms with Crippen LogP contribution < -0.4 is 14.4 Å². The largest absolute Gasteiger partial charge is 0.495 e. The molecule has 0 unspecified atom stereocenters. The predicted octanol–water partition coefficient (Wildman–Crippen LogP) is 5.84. The molecule has 41 heavy (non-hydrogen) atoms. The summed E-state index contributed by atoms with van der Waals surface area (Å²) >= 11 is 12.3. The van der Waals surface area contributed by atoms with Crippen molar-refractivity contribution in [2.24, 2.45) is 0 Å². The Kier molecular flexibility index (Phi) is 11.1. The second-order valence-corrected chi connectivity index (χ2v) is 12.4. The molecular weight excluding hydrogens is 585 g/mol. The van der Waals surface area contributed by atoms with Crippen molar-refractivity contribution in [3.63, 3.8) is 0 Å². The predicted molar refractivity (Wildman–Crippen MR) is 163 cm³/mol. The first-order valence-electron chi connectivity index (χ1n) is 13.1. The minimum Gasteiger partial charge on any atom is -0.495 e. The lowest BCUT2D eigenvalue weighted by molar-refractivity contribution is -0.139. The summed E-state index contributed by atoms with van der Waals surface area (Å²) in [6, 6.07) is 16.8. The number of hydrogen-bond acceptors (Lipinski definition) is 5. The minimum atomic E-state index is -4.22. The monoisotopic (exact) mass is 619 g/mol. The summed E-state index contributed by atoms with van der Waals surface area (Å²) in [5.41, 5.74) is 1.60. The lowest BCUT2D eigenvalue weighted by Crippen LogP contribution is -2.52. The topological polar surface area (TPSA) is 96.0 Å². The number of carbonyl (C=O) groups is 2. The number of nitrogens with zero attached hydrogens (tertiary/aromatic N) is 2. The van der Waals surface area contributed by atoms with Crippen LogP contribution in [0.3, 0.4) is 0 Å². The summed E-state index contributed by atoms with van der Waals surface area (Å²) in [4.78, 5) is 28.6. The van der Waals surface area contributed by atoms with Crippen molar-refractivity contribution in [1.29, 1.82) is 0 Å². The molecule has 0 heterocycles. The molecule has 220 valence electrons. The van der Waals surface area contributed by atoms with Crippen LogP contribution in [0.4, 0.5) is 5.69 Å². The van der Waals surface area contributed by atoms with Gasteiger partial charge in [-0.05, 0) is 74.7 Å². The highest BCUT2D eigenvalue weighted by molar-refractivity contribution is 7.92. The zero-order valence-electron chi connectivity index (χ0n) is 23.7. The lowest BCUT2D eigenvalue weighted by atomic mass is 10.1. The van der Waals surface area contributed by atoms with Gasteiger partial charge in [0, 0.05) is 12.6 Å². The fourth-order valence-electron chi connectivity index (χ4n) is 4.11. The molecule has 0 bridgehead atoms. The van der Waals surface area contributed by atoms with Gasteiger partial charge in [-0.25, -0.2) is 8.42 Å². The van der Waals surface area contributed by atoms with E-state index in [9.17, 15) is 18.0 Å². The molecular formula is C30H35Cl2N3O5S. The van der Waals surface area contributed by atoms with Gasteiger partial charge in [0.2, 0.25) is 11.8 Å². The summed E-state index contributed by atoms with van der Waals surface area (Å²) in [5.74, 6) is -0.675. The molecule has 0 aliphatic rings. The number of amides is 2. The van der Waals surface area contributed by atoms with E-state index in [2.05, 4.69) is 5.32 Å². The fraction of sp³-hybridized carbons (Fsp3) is 0.333. The van der Waals surface area contributed by atoms with Crippen LogP contribution in [0.1, 0.15) is 38.3 Å². The van der Waals surface area contributed by atoms with Gasteiger partial charge in [-0.1, -0.05) is 60.5 Å². The number of methoxy groups -OCH3 is 1. The Bertz CT molecular complexity index is 1480. The van der Waals surface area contributed by atoms with Crippen molar-refractivity contribution >= 4 is 50.7 Å². The van der Waals surface area contributed by atoms with Crippen molar-refractivity contribution in [2.45, 2.75) is 57.6 Å². The standard InChI is InChI=1S/C30H35Cl2N3O5S/c1-6-21(3)33-30(37)22(4)34(18-23-13-14-25(31)26(32)17-23)29(36)19-35(27-16-20(2)12-15-28(27)40-5)41(38,39)24-10-8-7-9-11-24/h7-17,21-22H,6,18-19H2,1-5H3,(H,33,37)/t21-,22+/m0/s1. The lowest BCUT2D eigenvalue weighted by Gasteiger charge is -2.33. The average molecular weight is 621 g/mol. The van der Waals surface area contributed by atoms with Crippen molar-refractivity contribution in [2.75, 3.05) is 18.0 Å². The van der Waals surface area contributed by atoms with E-state index >= 15 is 0 Å². The van der Waals surface area contributed by atoms with Crippen molar-refractivity contribution in [3.05, 3.63) is 87.9 Å². The van der Waals surface area contributed by atoms with Gasteiger partial charge >= 0.3 is 0 Å². The molecule has 0 saturated carbocycles. The summed E-state index contributed by atoms with van der Waals surface area (Å²) in [7, 11) is -2.79. The third-order valence-electron chi connectivity index (χ3n) is 6.72. The quantitative estimate of drug-likeness (QED) is 0.275. The van der Waals surface area contributed by atoms with E-state index in [0.717, 1.165) is 9.87 Å². The van der Waals surface area contributed by atoms with Gasteiger partial charge in [0.15, 0.2) is 0 Å². The van der Waals surface area contributed by atoms with Gasteiger partial charge in [-0.3, -0.25) is 13.9 Å². The van der Waals surface area contributed by atoms with Crippen LogP contribution in [0.25, 0.3) is 0 Å². The Balaban J connectivity index is 2.10. The maximum atomic E-state index is 14.1. The number of hydrogen-bond donors (Lipinski definition) is 1. The zero-order chi connectivity index (χ0) is 30.3. The summed E-state index contributed by atoms with van der Waals surface area (Å²) < 4.78 is 34.5. The first kappa shape index (κ1) is 32.2. The molecule has 0 radical (unpaired) electrons. The van der Waals surface area contributed by atoms with E-state index in [1.807, 2.05) is 20.8 Å². The van der Waals surface area contributed by atoms with Crippen molar-refractivity contribution in [1.82, 2.24) is 10.2 Å². The Morgan fingerprint density at radius 3 is 2.27 bits per heavy atom. The van der Waals surface area contributed by atoms with Crippen molar-refractivity contribution < 1.29 is 22.7 Å². The van der Waals surface area contributed by atoms with E-state index in [4.69, 9.17) is 27.9 Å². The smallest absolute Gasteiger partial charge is 0.264 e. The van der Waals surface area contributed by atoms with Gasteiger partial charge in [0.25, 0.3) is 10.0 Å². The highest BCUT2D eigenvalue weighted by Gasteiger charge is 2.34. The normalized spacial score (nSPS) is 12.8. The number of aryl methyl sites for hydroxylation is 1. The third kappa shape index (κ3) is 7.93. The number of anilines is 1. The van der Waals surface area contributed by atoms with Gasteiger partial charge in [-0.15, -0.1) is 0 Å². The van der Waals surface area contributed by atoms with E-state index in [1.54, 1.807) is 61.5 Å².